The Hall–Kier alpha value is -2.31. The molecule has 2 aromatic heterocycles. The molecule has 106 valence electrons. The first-order valence-electron chi connectivity index (χ1n) is 6.23. The summed E-state index contributed by atoms with van der Waals surface area (Å²) in [5, 5.41) is 3.86. The van der Waals surface area contributed by atoms with E-state index < -0.39 is 5.92 Å². The van der Waals surface area contributed by atoms with E-state index in [1.165, 1.54) is 20.4 Å². The maximum absolute atomic E-state index is 11.7. The van der Waals surface area contributed by atoms with Crippen molar-refractivity contribution in [3.8, 4) is 17.4 Å². The van der Waals surface area contributed by atoms with Gasteiger partial charge < -0.3 is 9.26 Å². The number of nitrogens with zero attached hydrogens (tertiary/aromatic N) is 4. The van der Waals surface area contributed by atoms with Crippen LogP contribution in [0.2, 0.25) is 0 Å². The van der Waals surface area contributed by atoms with Crippen LogP contribution >= 0.6 is 0 Å². The van der Waals surface area contributed by atoms with Gasteiger partial charge in [-0.1, -0.05) is 19.0 Å². The van der Waals surface area contributed by atoms with Crippen LogP contribution in [0.5, 0.6) is 5.88 Å². The summed E-state index contributed by atoms with van der Waals surface area (Å²) in [4.78, 5) is 23.9. The fraction of sp³-hybridized carbons (Fsp3) is 0.462. The van der Waals surface area contributed by atoms with Gasteiger partial charge in [-0.3, -0.25) is 4.79 Å². The van der Waals surface area contributed by atoms with Gasteiger partial charge in [-0.15, -0.1) is 0 Å². The highest BCUT2D eigenvalue weighted by molar-refractivity contribution is 5.82. The Morgan fingerprint density at radius 2 is 2.10 bits per heavy atom. The number of carbonyl (C=O) groups excluding carboxylic acids is 1. The van der Waals surface area contributed by atoms with Crippen molar-refractivity contribution in [2.45, 2.75) is 26.7 Å². The number of Topliss-reactive ketones (excluding diaryl/α,β-unsaturated/α-hetero) is 1. The van der Waals surface area contributed by atoms with Crippen LogP contribution in [0.25, 0.3) is 11.5 Å². The number of ether oxygens (including phenoxy) is 1. The quantitative estimate of drug-likeness (QED) is 0.823. The average Bonchev–Trinajstić information content (AvgIpc) is 2.87. The summed E-state index contributed by atoms with van der Waals surface area (Å²) in [6.07, 6.45) is 1.36. The Labute approximate surface area is 116 Å². The molecule has 0 aliphatic heterocycles. The van der Waals surface area contributed by atoms with Gasteiger partial charge in [0.2, 0.25) is 17.6 Å². The van der Waals surface area contributed by atoms with Gasteiger partial charge in [-0.2, -0.15) is 4.98 Å². The van der Waals surface area contributed by atoms with Crippen molar-refractivity contribution < 1.29 is 14.1 Å². The van der Waals surface area contributed by atoms with Crippen molar-refractivity contribution >= 4 is 5.78 Å². The van der Waals surface area contributed by atoms with Gasteiger partial charge in [-0.05, 0) is 12.8 Å². The van der Waals surface area contributed by atoms with Crippen molar-refractivity contribution in [2.75, 3.05) is 7.11 Å². The second-order valence-electron chi connectivity index (χ2n) is 4.73. The van der Waals surface area contributed by atoms with Crippen LogP contribution in [0.15, 0.2) is 16.9 Å². The lowest BCUT2D eigenvalue weighted by molar-refractivity contribution is -0.119. The molecule has 1 unspecified atom stereocenters. The van der Waals surface area contributed by atoms with Gasteiger partial charge in [0.05, 0.1) is 13.0 Å². The SMILES string of the molecule is COc1cc(-c2noc(C(C(C)=O)C(C)C)n2)ncn1. The molecule has 0 fully saturated rings. The zero-order chi connectivity index (χ0) is 14.7. The predicted molar refractivity (Wildman–Crippen MR) is 70.1 cm³/mol. The molecular formula is C13H16N4O3. The summed E-state index contributed by atoms with van der Waals surface area (Å²) < 4.78 is 10.2. The van der Waals surface area contributed by atoms with E-state index in [1.54, 1.807) is 6.07 Å². The number of ketones is 1. The zero-order valence-electron chi connectivity index (χ0n) is 11.8. The van der Waals surface area contributed by atoms with Crippen LogP contribution in [0.4, 0.5) is 0 Å². The molecule has 2 aromatic rings. The molecular weight excluding hydrogens is 260 g/mol. The average molecular weight is 276 g/mol. The number of hydrogen-bond acceptors (Lipinski definition) is 7. The van der Waals surface area contributed by atoms with Gasteiger partial charge in [-0.25, -0.2) is 9.97 Å². The number of aromatic nitrogens is 4. The summed E-state index contributed by atoms with van der Waals surface area (Å²) in [6, 6.07) is 1.60. The van der Waals surface area contributed by atoms with Crippen LogP contribution in [0, 0.1) is 5.92 Å². The van der Waals surface area contributed by atoms with E-state index in [9.17, 15) is 4.79 Å². The molecule has 0 aliphatic rings. The summed E-state index contributed by atoms with van der Waals surface area (Å²) in [6.45, 7) is 5.38. The monoisotopic (exact) mass is 276 g/mol. The molecule has 0 bridgehead atoms. The normalized spacial score (nSPS) is 12.4. The molecule has 0 N–H and O–H groups in total. The Kier molecular flexibility index (Phi) is 4.07. The summed E-state index contributed by atoms with van der Waals surface area (Å²) >= 11 is 0. The van der Waals surface area contributed by atoms with Crippen LogP contribution in [-0.4, -0.2) is 33.0 Å². The fourth-order valence-corrected chi connectivity index (χ4v) is 1.97. The van der Waals surface area contributed by atoms with Gasteiger partial charge >= 0.3 is 0 Å². The van der Waals surface area contributed by atoms with E-state index in [1.807, 2.05) is 13.8 Å². The maximum atomic E-state index is 11.7. The highest BCUT2D eigenvalue weighted by atomic mass is 16.5. The molecule has 2 heterocycles. The van der Waals surface area contributed by atoms with Crippen molar-refractivity contribution in [3.05, 3.63) is 18.3 Å². The fourth-order valence-electron chi connectivity index (χ4n) is 1.97. The second kappa shape index (κ2) is 5.77. The third-order valence-corrected chi connectivity index (χ3v) is 2.89. The molecule has 0 aliphatic carbocycles. The lowest BCUT2D eigenvalue weighted by atomic mass is 9.92. The molecule has 1 atom stereocenters. The molecule has 0 saturated heterocycles. The number of methoxy groups -OCH3 is 1. The van der Waals surface area contributed by atoms with E-state index in [4.69, 9.17) is 9.26 Å². The largest absolute Gasteiger partial charge is 0.481 e. The number of hydrogen-bond donors (Lipinski definition) is 0. The van der Waals surface area contributed by atoms with Gasteiger partial charge in [0, 0.05) is 6.07 Å². The summed E-state index contributed by atoms with van der Waals surface area (Å²) in [5.74, 6) is 0.706. The third kappa shape index (κ3) is 2.81. The minimum atomic E-state index is -0.403. The molecule has 0 aromatic carbocycles. The summed E-state index contributed by atoms with van der Waals surface area (Å²) in [5.41, 5.74) is 0.484. The second-order valence-corrected chi connectivity index (χ2v) is 4.73. The maximum Gasteiger partial charge on any atom is 0.237 e. The van der Waals surface area contributed by atoms with Crippen LogP contribution in [0.1, 0.15) is 32.6 Å². The van der Waals surface area contributed by atoms with E-state index in [-0.39, 0.29) is 11.7 Å². The number of carbonyl (C=O) groups is 1. The Bertz CT molecular complexity index is 609. The molecule has 0 radical (unpaired) electrons. The molecule has 7 nitrogen and oxygen atoms in total. The van der Waals surface area contributed by atoms with Crippen molar-refractivity contribution in [2.24, 2.45) is 5.92 Å². The first-order chi connectivity index (χ1) is 9.52. The Balaban J connectivity index is 2.34. The zero-order valence-corrected chi connectivity index (χ0v) is 11.8. The predicted octanol–water partition coefficient (Wildman–Crippen LogP) is 1.86. The van der Waals surface area contributed by atoms with Crippen molar-refractivity contribution in [1.82, 2.24) is 20.1 Å². The first kappa shape index (κ1) is 14.1. The van der Waals surface area contributed by atoms with E-state index >= 15 is 0 Å². The summed E-state index contributed by atoms with van der Waals surface area (Å²) in [7, 11) is 1.51. The van der Waals surface area contributed by atoms with Gasteiger partial charge in [0.15, 0.2) is 0 Å². The molecule has 2 rings (SSSR count). The van der Waals surface area contributed by atoms with Gasteiger partial charge in [0.1, 0.15) is 17.8 Å². The minimum Gasteiger partial charge on any atom is -0.481 e. The van der Waals surface area contributed by atoms with Crippen LogP contribution in [-0.2, 0) is 4.79 Å². The van der Waals surface area contributed by atoms with Crippen molar-refractivity contribution in [1.29, 1.82) is 0 Å². The van der Waals surface area contributed by atoms with Gasteiger partial charge in [0.25, 0.3) is 0 Å². The smallest absolute Gasteiger partial charge is 0.237 e. The Morgan fingerprint density at radius 1 is 1.35 bits per heavy atom. The van der Waals surface area contributed by atoms with Crippen molar-refractivity contribution in [3.63, 3.8) is 0 Å². The highest BCUT2D eigenvalue weighted by Crippen LogP contribution is 2.26. The Morgan fingerprint density at radius 3 is 2.70 bits per heavy atom. The standard InChI is InChI=1S/C13H16N4O3/c1-7(2)11(8(3)18)13-16-12(17-20-13)9-5-10(19-4)15-6-14-9/h5-7,11H,1-4H3. The molecule has 0 spiro atoms. The molecule has 20 heavy (non-hydrogen) atoms. The van der Waals surface area contributed by atoms with Crippen LogP contribution < -0.4 is 4.74 Å². The third-order valence-electron chi connectivity index (χ3n) is 2.89. The lowest BCUT2D eigenvalue weighted by Crippen LogP contribution is -2.15. The van der Waals surface area contributed by atoms with E-state index in [0.717, 1.165) is 0 Å². The lowest BCUT2D eigenvalue weighted by Gasteiger charge is -2.12. The van der Waals surface area contributed by atoms with Crippen LogP contribution in [0.3, 0.4) is 0 Å². The minimum absolute atomic E-state index is 0.00420. The molecule has 7 heteroatoms. The molecule has 0 amide bonds. The van der Waals surface area contributed by atoms with E-state index in [2.05, 4.69) is 20.1 Å². The van der Waals surface area contributed by atoms with E-state index in [0.29, 0.717) is 23.3 Å². The number of rotatable bonds is 5. The molecule has 0 saturated carbocycles. The first-order valence-corrected chi connectivity index (χ1v) is 6.23. The highest BCUT2D eigenvalue weighted by Gasteiger charge is 2.27. The topological polar surface area (TPSA) is 91.0 Å².